The molecular formula is C18H38IN5O2S. The lowest BCUT2D eigenvalue weighted by Crippen LogP contribution is -2.42. The number of rotatable bonds is 10. The molecule has 0 atom stereocenters. The van der Waals surface area contributed by atoms with Crippen LogP contribution in [0.1, 0.15) is 51.4 Å². The van der Waals surface area contributed by atoms with Crippen LogP contribution in [0.25, 0.3) is 0 Å². The summed E-state index contributed by atoms with van der Waals surface area (Å²) in [6.07, 6.45) is 9.96. The Hall–Kier alpha value is -0.130. The first-order chi connectivity index (χ1) is 12.6. The summed E-state index contributed by atoms with van der Waals surface area (Å²) >= 11 is 0. The molecule has 0 aromatic heterocycles. The van der Waals surface area contributed by atoms with Crippen LogP contribution in [0, 0.1) is 5.92 Å². The first-order valence-corrected chi connectivity index (χ1v) is 11.9. The van der Waals surface area contributed by atoms with E-state index in [1.807, 2.05) is 0 Å². The van der Waals surface area contributed by atoms with Gasteiger partial charge in [0.25, 0.3) is 0 Å². The number of likely N-dealkylation sites (tertiary alicyclic amines) is 1. The van der Waals surface area contributed by atoms with E-state index >= 15 is 0 Å². The first-order valence-electron chi connectivity index (χ1n) is 10.2. The number of hydrogen-bond acceptors (Lipinski definition) is 4. The summed E-state index contributed by atoms with van der Waals surface area (Å²) < 4.78 is 26.7. The van der Waals surface area contributed by atoms with E-state index in [4.69, 9.17) is 0 Å². The maximum absolute atomic E-state index is 12.0. The maximum Gasteiger partial charge on any atom is 0.213 e. The van der Waals surface area contributed by atoms with Crippen molar-refractivity contribution in [2.45, 2.75) is 51.4 Å². The van der Waals surface area contributed by atoms with Crippen LogP contribution in [0.5, 0.6) is 0 Å². The fraction of sp³-hybridized carbons (Fsp3) is 0.944. The van der Waals surface area contributed by atoms with Gasteiger partial charge >= 0.3 is 0 Å². The van der Waals surface area contributed by atoms with Crippen molar-refractivity contribution in [3.63, 3.8) is 0 Å². The minimum absolute atomic E-state index is 0. The summed E-state index contributed by atoms with van der Waals surface area (Å²) in [7, 11) is -1.49. The highest BCUT2D eigenvalue weighted by atomic mass is 127. The Bertz CT molecular complexity index is 518. The van der Waals surface area contributed by atoms with Crippen molar-refractivity contribution in [1.29, 1.82) is 0 Å². The molecule has 1 aliphatic heterocycles. The van der Waals surface area contributed by atoms with E-state index in [0.717, 1.165) is 32.4 Å². The van der Waals surface area contributed by atoms with Gasteiger partial charge in [0.1, 0.15) is 0 Å². The van der Waals surface area contributed by atoms with Gasteiger partial charge in [0.2, 0.25) is 10.0 Å². The molecule has 0 aromatic rings. The second kappa shape index (κ2) is 13.9. The number of nitrogens with one attached hydrogen (secondary N) is 3. The number of nitrogens with zero attached hydrogens (tertiary/aromatic N) is 2. The number of hydrogen-bond donors (Lipinski definition) is 3. The standard InChI is InChI=1S/C18H37N5O2S.HI/c1-19-18(20-10-7-14-23-12-4-2-3-5-13-23)21-11-15-26(24,25)22-16-17-8-6-9-17;/h17,22H,2-16H2,1H3,(H2,19,20,21);1H. The van der Waals surface area contributed by atoms with Crippen molar-refractivity contribution in [2.75, 3.05) is 52.1 Å². The third kappa shape index (κ3) is 10.8. The first kappa shape index (κ1) is 24.9. The predicted octanol–water partition coefficient (Wildman–Crippen LogP) is 1.75. The van der Waals surface area contributed by atoms with Gasteiger partial charge in [0.15, 0.2) is 5.96 Å². The highest BCUT2D eigenvalue weighted by molar-refractivity contribution is 14.0. The number of guanidine groups is 1. The lowest BCUT2D eigenvalue weighted by molar-refractivity contribution is 0.282. The second-order valence-electron chi connectivity index (χ2n) is 7.50. The quantitative estimate of drug-likeness (QED) is 0.179. The van der Waals surface area contributed by atoms with Crippen LogP contribution in [0.4, 0.5) is 0 Å². The zero-order chi connectivity index (χ0) is 18.7. The van der Waals surface area contributed by atoms with Gasteiger partial charge in [-0.15, -0.1) is 24.0 Å². The molecule has 2 aliphatic rings. The van der Waals surface area contributed by atoms with E-state index in [-0.39, 0.29) is 29.7 Å². The summed E-state index contributed by atoms with van der Waals surface area (Å²) in [6.45, 7) is 5.36. The van der Waals surface area contributed by atoms with Gasteiger partial charge in [-0.1, -0.05) is 19.3 Å². The molecule has 1 saturated carbocycles. The third-order valence-corrected chi connectivity index (χ3v) is 6.69. The molecule has 9 heteroatoms. The molecule has 27 heavy (non-hydrogen) atoms. The summed E-state index contributed by atoms with van der Waals surface area (Å²) in [4.78, 5) is 6.72. The van der Waals surface area contributed by atoms with E-state index in [9.17, 15) is 8.42 Å². The van der Waals surface area contributed by atoms with E-state index < -0.39 is 10.0 Å². The van der Waals surface area contributed by atoms with Crippen molar-refractivity contribution in [3.05, 3.63) is 0 Å². The van der Waals surface area contributed by atoms with E-state index in [1.165, 1.54) is 45.2 Å². The molecule has 1 heterocycles. The van der Waals surface area contributed by atoms with Gasteiger partial charge in [-0.2, -0.15) is 0 Å². The molecule has 0 amide bonds. The average Bonchev–Trinajstić information content (AvgIpc) is 2.84. The van der Waals surface area contributed by atoms with Crippen molar-refractivity contribution in [2.24, 2.45) is 10.9 Å². The molecule has 1 aliphatic carbocycles. The largest absolute Gasteiger partial charge is 0.356 e. The highest BCUT2D eigenvalue weighted by Gasteiger charge is 2.20. The Labute approximate surface area is 182 Å². The Balaban J connectivity index is 0.00000364. The minimum Gasteiger partial charge on any atom is -0.356 e. The number of aliphatic imine (C=N–C) groups is 1. The number of halogens is 1. The normalized spacial score (nSPS) is 19.7. The smallest absolute Gasteiger partial charge is 0.213 e. The predicted molar refractivity (Wildman–Crippen MR) is 123 cm³/mol. The lowest BCUT2D eigenvalue weighted by atomic mass is 9.86. The average molecular weight is 516 g/mol. The van der Waals surface area contributed by atoms with Gasteiger partial charge in [-0.3, -0.25) is 4.99 Å². The van der Waals surface area contributed by atoms with Crippen molar-refractivity contribution in [1.82, 2.24) is 20.3 Å². The zero-order valence-corrected chi connectivity index (χ0v) is 19.9. The minimum atomic E-state index is -3.20. The summed E-state index contributed by atoms with van der Waals surface area (Å²) in [5, 5.41) is 6.37. The van der Waals surface area contributed by atoms with Gasteiger partial charge in [-0.05, 0) is 57.7 Å². The van der Waals surface area contributed by atoms with Crippen LogP contribution in [0.2, 0.25) is 0 Å². The molecule has 1 saturated heterocycles. The monoisotopic (exact) mass is 515 g/mol. The van der Waals surface area contributed by atoms with Crippen LogP contribution in [0.3, 0.4) is 0 Å². The fourth-order valence-electron chi connectivity index (χ4n) is 3.41. The molecule has 0 aromatic carbocycles. The zero-order valence-electron chi connectivity index (χ0n) is 16.7. The third-order valence-electron chi connectivity index (χ3n) is 5.35. The second-order valence-corrected chi connectivity index (χ2v) is 9.43. The Morgan fingerprint density at radius 1 is 1.04 bits per heavy atom. The topological polar surface area (TPSA) is 85.8 Å². The number of sulfonamides is 1. The van der Waals surface area contributed by atoms with Crippen molar-refractivity contribution in [3.8, 4) is 0 Å². The van der Waals surface area contributed by atoms with Crippen LogP contribution in [0.15, 0.2) is 4.99 Å². The molecule has 3 N–H and O–H groups in total. The van der Waals surface area contributed by atoms with Gasteiger partial charge in [0.05, 0.1) is 5.75 Å². The Morgan fingerprint density at radius 3 is 2.30 bits per heavy atom. The van der Waals surface area contributed by atoms with Crippen molar-refractivity contribution >= 4 is 40.0 Å². The molecule has 160 valence electrons. The van der Waals surface area contributed by atoms with E-state index in [2.05, 4.69) is 25.2 Å². The van der Waals surface area contributed by atoms with E-state index in [0.29, 0.717) is 25.0 Å². The molecule has 2 fully saturated rings. The van der Waals surface area contributed by atoms with Crippen LogP contribution in [-0.2, 0) is 10.0 Å². The van der Waals surface area contributed by atoms with E-state index in [1.54, 1.807) is 7.05 Å². The molecular weight excluding hydrogens is 477 g/mol. The van der Waals surface area contributed by atoms with Gasteiger partial charge in [-0.25, -0.2) is 13.1 Å². The SMILES string of the molecule is CN=C(NCCCN1CCCCCC1)NCCS(=O)(=O)NCC1CCC1.I. The molecule has 0 radical (unpaired) electrons. The molecule has 2 rings (SSSR count). The summed E-state index contributed by atoms with van der Waals surface area (Å²) in [6, 6.07) is 0. The summed E-state index contributed by atoms with van der Waals surface area (Å²) in [5.41, 5.74) is 0. The summed E-state index contributed by atoms with van der Waals surface area (Å²) in [5.74, 6) is 1.29. The van der Waals surface area contributed by atoms with Gasteiger partial charge < -0.3 is 15.5 Å². The molecule has 7 nitrogen and oxygen atoms in total. The highest BCUT2D eigenvalue weighted by Crippen LogP contribution is 2.25. The van der Waals surface area contributed by atoms with Crippen molar-refractivity contribution < 1.29 is 8.42 Å². The van der Waals surface area contributed by atoms with Crippen LogP contribution < -0.4 is 15.4 Å². The molecule has 0 bridgehead atoms. The van der Waals surface area contributed by atoms with Crippen LogP contribution >= 0.6 is 24.0 Å². The maximum atomic E-state index is 12.0. The van der Waals surface area contributed by atoms with Gasteiger partial charge in [0, 0.05) is 26.7 Å². The van der Waals surface area contributed by atoms with Crippen LogP contribution in [-0.4, -0.2) is 71.3 Å². The lowest BCUT2D eigenvalue weighted by Gasteiger charge is -2.25. The Kier molecular flexibility index (Phi) is 12.9. The fourth-order valence-corrected chi connectivity index (χ4v) is 4.41. The molecule has 0 unspecified atom stereocenters. The Morgan fingerprint density at radius 2 is 1.70 bits per heavy atom. The molecule has 0 spiro atoms.